The van der Waals surface area contributed by atoms with Gasteiger partial charge in [0.2, 0.25) is 5.78 Å². The van der Waals surface area contributed by atoms with Crippen molar-refractivity contribution in [2.24, 2.45) is 5.73 Å². The molecule has 2 aromatic rings. The predicted octanol–water partition coefficient (Wildman–Crippen LogP) is 1.55. The Hall–Kier alpha value is -3.43. The second-order valence-electron chi connectivity index (χ2n) is 12.1. The summed E-state index contributed by atoms with van der Waals surface area (Å²) >= 11 is 0. The van der Waals surface area contributed by atoms with Gasteiger partial charge in [0.25, 0.3) is 0 Å². The summed E-state index contributed by atoms with van der Waals surface area (Å²) in [7, 11) is 1.34. The van der Waals surface area contributed by atoms with Crippen LogP contribution < -0.4 is 10.5 Å². The monoisotopic (exact) mass is 627 g/mol. The Kier molecular flexibility index (Phi) is 8.46. The van der Waals surface area contributed by atoms with Gasteiger partial charge in [0.05, 0.1) is 36.0 Å². The summed E-state index contributed by atoms with van der Waals surface area (Å²) in [5.74, 6) is -3.67. The number of Topliss-reactive ketones (excluding diaryl/α,β-unsaturated/α-hetero) is 1. The first kappa shape index (κ1) is 31.5. The van der Waals surface area contributed by atoms with E-state index in [0.29, 0.717) is 6.61 Å². The normalized spacial score (nSPS) is 31.1. The first-order chi connectivity index (χ1) is 21.5. The molecule has 0 amide bonds. The van der Waals surface area contributed by atoms with Crippen molar-refractivity contribution in [1.82, 2.24) is 0 Å². The fraction of sp³-hybridized carbons (Fsp3) is 0.531. The number of rotatable bonds is 7. The number of hydrogen-bond donors (Lipinski definition) is 5. The maximum Gasteiger partial charge on any atom is 0.202 e. The molecule has 4 aliphatic rings. The van der Waals surface area contributed by atoms with Crippen molar-refractivity contribution in [3.63, 3.8) is 0 Å². The quantitative estimate of drug-likeness (QED) is 0.236. The minimum atomic E-state index is -2.24. The molecule has 0 bridgehead atoms. The number of aromatic hydroxyl groups is 2. The van der Waals surface area contributed by atoms with Gasteiger partial charge in [0.1, 0.15) is 35.6 Å². The molecule has 2 fully saturated rings. The number of methoxy groups -OCH3 is 1. The highest BCUT2D eigenvalue weighted by Crippen LogP contribution is 2.52. The summed E-state index contributed by atoms with van der Waals surface area (Å²) in [6.07, 6.45) is -2.03. The van der Waals surface area contributed by atoms with Gasteiger partial charge in [-0.15, -0.1) is 0 Å². The molecule has 2 heterocycles. The summed E-state index contributed by atoms with van der Waals surface area (Å²) in [5.41, 5.74) is 2.98. The third kappa shape index (κ3) is 5.31. The molecule has 7 atom stereocenters. The fourth-order valence-corrected chi connectivity index (χ4v) is 6.95. The number of benzene rings is 2. The number of ketones is 3. The largest absolute Gasteiger partial charge is 0.507 e. The molecule has 2 saturated heterocycles. The number of nitrogens with two attached hydrogens (primary N) is 1. The van der Waals surface area contributed by atoms with Crippen molar-refractivity contribution in [1.29, 1.82) is 0 Å². The van der Waals surface area contributed by atoms with Crippen LogP contribution in [0.25, 0.3) is 0 Å². The van der Waals surface area contributed by atoms with Gasteiger partial charge in [0, 0.05) is 48.6 Å². The van der Waals surface area contributed by atoms with Crippen molar-refractivity contribution in [2.75, 3.05) is 20.3 Å². The Morgan fingerprint density at radius 3 is 2.49 bits per heavy atom. The second kappa shape index (κ2) is 12.1. The van der Waals surface area contributed by atoms with Crippen LogP contribution in [0.15, 0.2) is 18.2 Å². The smallest absolute Gasteiger partial charge is 0.202 e. The van der Waals surface area contributed by atoms with E-state index in [1.54, 1.807) is 6.92 Å². The predicted molar refractivity (Wildman–Crippen MR) is 154 cm³/mol. The number of hydrogen-bond acceptors (Lipinski definition) is 13. The highest BCUT2D eigenvalue weighted by molar-refractivity contribution is 6.31. The highest BCUT2D eigenvalue weighted by atomic mass is 16.7. The average molecular weight is 628 g/mol. The molecule has 2 aliphatic carbocycles. The lowest BCUT2D eigenvalue weighted by atomic mass is 9.72. The molecule has 13 nitrogen and oxygen atoms in total. The van der Waals surface area contributed by atoms with E-state index in [9.17, 15) is 34.8 Å². The van der Waals surface area contributed by atoms with Crippen LogP contribution in [0.1, 0.15) is 88.1 Å². The van der Waals surface area contributed by atoms with Crippen LogP contribution in [0.3, 0.4) is 0 Å². The number of carbonyl (C=O) groups is 3. The molecule has 5 unspecified atom stereocenters. The lowest BCUT2D eigenvalue weighted by Crippen LogP contribution is -2.55. The maximum atomic E-state index is 13.8. The molecule has 242 valence electrons. The first-order valence-electron chi connectivity index (χ1n) is 15.1. The zero-order valence-corrected chi connectivity index (χ0v) is 25.0. The third-order valence-electron chi connectivity index (χ3n) is 9.22. The maximum absolute atomic E-state index is 13.8. The Morgan fingerprint density at radius 2 is 1.82 bits per heavy atom. The summed E-state index contributed by atoms with van der Waals surface area (Å²) in [6, 6.07) is 3.86. The molecule has 2 aromatic carbocycles. The second-order valence-corrected chi connectivity index (χ2v) is 12.1. The van der Waals surface area contributed by atoms with Gasteiger partial charge in [-0.1, -0.05) is 12.1 Å². The molecule has 0 radical (unpaired) electrons. The molecular weight excluding hydrogens is 590 g/mol. The van der Waals surface area contributed by atoms with Crippen molar-refractivity contribution >= 4 is 17.3 Å². The molecular formula is C32H37NO12. The van der Waals surface area contributed by atoms with Crippen LogP contribution in [0, 0.1) is 0 Å². The topological polar surface area (TPSA) is 204 Å². The van der Waals surface area contributed by atoms with E-state index in [2.05, 4.69) is 0 Å². The van der Waals surface area contributed by atoms with E-state index < -0.39 is 102 Å². The molecule has 0 spiro atoms. The minimum absolute atomic E-state index is 0.0409. The summed E-state index contributed by atoms with van der Waals surface area (Å²) in [5, 5.41) is 44.2. The number of phenolic OH excluding ortho intramolecular Hbond substituents is 2. The van der Waals surface area contributed by atoms with Crippen LogP contribution in [0.2, 0.25) is 0 Å². The number of carbonyl (C=O) groups excluding carboxylic acids is 3. The number of fused-ring (bicyclic) bond motifs is 3. The molecule has 2 aliphatic heterocycles. The molecule has 0 aromatic heterocycles. The molecule has 6 N–H and O–H groups in total. The lowest BCUT2D eigenvalue weighted by Gasteiger charge is -2.43. The van der Waals surface area contributed by atoms with Gasteiger partial charge < -0.3 is 49.8 Å². The summed E-state index contributed by atoms with van der Waals surface area (Å²) < 4.78 is 29.5. The SMILES string of the molecule is COc1cccc2c1C(=O)c1c(O)c3c(c(O)c1C2=O)C[C@@](O)(C(=O)CO)CC3OC1CC(N)C(O[C@@H]2CCCCO2)C(C)O1. The van der Waals surface area contributed by atoms with Gasteiger partial charge in [-0.05, 0) is 32.3 Å². The first-order valence-corrected chi connectivity index (χ1v) is 15.1. The number of aliphatic hydroxyl groups excluding tert-OH is 1. The third-order valence-corrected chi connectivity index (χ3v) is 9.22. The Labute approximate surface area is 258 Å². The van der Waals surface area contributed by atoms with Crippen LogP contribution in [-0.2, 0) is 30.2 Å². The van der Waals surface area contributed by atoms with E-state index in [-0.39, 0.29) is 34.4 Å². The van der Waals surface area contributed by atoms with Gasteiger partial charge in [-0.3, -0.25) is 14.4 Å². The number of aliphatic hydroxyl groups is 2. The van der Waals surface area contributed by atoms with Gasteiger partial charge >= 0.3 is 0 Å². The molecule has 6 rings (SSSR count). The Morgan fingerprint density at radius 1 is 1.07 bits per heavy atom. The van der Waals surface area contributed by atoms with Crippen molar-refractivity contribution in [3.8, 4) is 17.2 Å². The van der Waals surface area contributed by atoms with E-state index >= 15 is 0 Å². The van der Waals surface area contributed by atoms with Crippen molar-refractivity contribution in [2.45, 2.75) is 88.0 Å². The summed E-state index contributed by atoms with van der Waals surface area (Å²) in [6.45, 7) is 1.35. The van der Waals surface area contributed by atoms with Gasteiger partial charge in [-0.2, -0.15) is 0 Å². The van der Waals surface area contributed by atoms with Crippen LogP contribution in [-0.4, -0.2) is 94.5 Å². The van der Waals surface area contributed by atoms with Crippen molar-refractivity contribution in [3.05, 3.63) is 51.6 Å². The van der Waals surface area contributed by atoms with Gasteiger partial charge in [0.15, 0.2) is 24.1 Å². The van der Waals surface area contributed by atoms with Crippen molar-refractivity contribution < 1.29 is 58.5 Å². The molecule has 0 saturated carbocycles. The van der Waals surface area contributed by atoms with Crippen LogP contribution >= 0.6 is 0 Å². The zero-order chi connectivity index (χ0) is 32.2. The summed E-state index contributed by atoms with van der Waals surface area (Å²) in [4.78, 5) is 40.2. The fourth-order valence-electron chi connectivity index (χ4n) is 6.95. The Balaban J connectivity index is 1.38. The van der Waals surface area contributed by atoms with E-state index in [1.807, 2.05) is 0 Å². The van der Waals surface area contributed by atoms with E-state index in [4.69, 9.17) is 29.4 Å². The lowest BCUT2D eigenvalue weighted by molar-refractivity contribution is -0.281. The van der Waals surface area contributed by atoms with E-state index in [1.165, 1.54) is 25.3 Å². The Bertz CT molecular complexity index is 1520. The number of phenols is 2. The zero-order valence-electron chi connectivity index (χ0n) is 25.0. The van der Waals surface area contributed by atoms with E-state index in [0.717, 1.165) is 19.3 Å². The molecule has 13 heteroatoms. The molecule has 45 heavy (non-hydrogen) atoms. The van der Waals surface area contributed by atoms with Gasteiger partial charge in [-0.25, -0.2) is 0 Å². The highest BCUT2D eigenvalue weighted by Gasteiger charge is 2.50. The average Bonchev–Trinajstić information content (AvgIpc) is 3.02. The minimum Gasteiger partial charge on any atom is -0.507 e. The van der Waals surface area contributed by atoms with Crippen LogP contribution in [0.4, 0.5) is 0 Å². The number of ether oxygens (including phenoxy) is 5. The standard InChI is InChI=1S/C32H37NO12/c1-14-31(45-21-8-3-4-9-42-21)17(33)10-22(43-14)44-19-12-32(40,20(35)13-34)11-16-24(19)30(39)26-25(28(16)37)27(36)15-6-5-7-18(41-2)23(15)29(26)38/h5-7,14,17,19,21-22,31,34,37,39-40H,3-4,8-13,33H2,1-2H3/t14?,17?,19?,21-,22?,31?,32+/m1/s1. The van der Waals surface area contributed by atoms with Crippen LogP contribution in [0.5, 0.6) is 17.2 Å².